The Kier molecular flexibility index (Phi) is 10.4. The highest BCUT2D eigenvalue weighted by Crippen LogP contribution is 2.52. The molecule has 2 rings (SSSR count). The predicted octanol–water partition coefficient (Wildman–Crippen LogP) is 5.61. The molecule has 0 bridgehead atoms. The molecule has 37 heavy (non-hydrogen) atoms. The third-order valence-electron chi connectivity index (χ3n) is 5.03. The van der Waals surface area contributed by atoms with Gasteiger partial charge in [-0.15, -0.1) is 10.2 Å². The van der Waals surface area contributed by atoms with Crippen LogP contribution in [0.15, 0.2) is 40.6 Å². The van der Waals surface area contributed by atoms with Crippen molar-refractivity contribution in [2.75, 3.05) is 36.5 Å². The third kappa shape index (κ3) is 7.15. The van der Waals surface area contributed by atoms with E-state index in [1.165, 1.54) is 20.8 Å². The fraction of sp³-hybridized carbons (Fsp3) is 0.409. The minimum Gasteiger partial charge on any atom is -0.372 e. The van der Waals surface area contributed by atoms with Crippen LogP contribution in [0.2, 0.25) is 0 Å². The molecule has 0 fully saturated rings. The Morgan fingerprint density at radius 1 is 1.00 bits per heavy atom. The Labute approximate surface area is 213 Å². The number of nitro benzene ring substituents is 2. The van der Waals surface area contributed by atoms with E-state index in [9.17, 15) is 29.6 Å². The monoisotopic (exact) mass is 536 g/mol. The van der Waals surface area contributed by atoms with Crippen LogP contribution in [-0.4, -0.2) is 42.1 Å². The van der Waals surface area contributed by atoms with Crippen molar-refractivity contribution in [2.45, 2.75) is 34.6 Å². The van der Waals surface area contributed by atoms with Crippen molar-refractivity contribution in [3.05, 3.63) is 50.6 Å². The van der Waals surface area contributed by atoms with Crippen molar-refractivity contribution >= 4 is 52.9 Å². The quantitative estimate of drug-likeness (QED) is 0.147. The maximum atomic E-state index is 13.5. The molecule has 0 saturated carbocycles. The molecule has 0 aliphatic carbocycles. The van der Waals surface area contributed by atoms with E-state index in [0.717, 1.165) is 11.8 Å². The molecule has 0 unspecified atom stereocenters. The molecular formula is C22H29N6O8P. The first-order valence-electron chi connectivity index (χ1n) is 11.5. The standard InChI is InChI=1S/C22H29N6O8P/c1-6-26(7-2)16-10-11-18(19(12-16)23-15(5)29)24-25-22-20(28(32)33)13-17(27(30)31)14-21(22)37(34,35-8-3)36-9-4/h10-14H,6-9H2,1-5H3,(H,23,29). The molecule has 0 aliphatic heterocycles. The maximum Gasteiger partial charge on any atom is 0.364 e. The van der Waals surface area contributed by atoms with Gasteiger partial charge in [0.2, 0.25) is 5.91 Å². The molecule has 0 atom stereocenters. The van der Waals surface area contributed by atoms with Gasteiger partial charge >= 0.3 is 13.3 Å². The third-order valence-corrected chi connectivity index (χ3v) is 7.16. The zero-order valence-electron chi connectivity index (χ0n) is 21.2. The normalized spacial score (nSPS) is 11.5. The summed E-state index contributed by atoms with van der Waals surface area (Å²) in [5, 5.41) is 33.5. The number of nitro groups is 2. The van der Waals surface area contributed by atoms with Gasteiger partial charge in [-0.3, -0.25) is 29.6 Å². The Bertz CT molecular complexity index is 1240. The summed E-state index contributed by atoms with van der Waals surface area (Å²) in [5.41, 5.74) is -0.803. The lowest BCUT2D eigenvalue weighted by atomic mass is 10.2. The number of azo groups is 1. The molecule has 1 N–H and O–H groups in total. The van der Waals surface area contributed by atoms with Crippen molar-refractivity contribution in [3.8, 4) is 0 Å². The van der Waals surface area contributed by atoms with Gasteiger partial charge in [-0.2, -0.15) is 0 Å². The van der Waals surface area contributed by atoms with E-state index in [4.69, 9.17) is 9.05 Å². The Hall–Kier alpha value is -3.74. The van der Waals surface area contributed by atoms with Gasteiger partial charge in [0.05, 0.1) is 34.8 Å². The molecule has 200 valence electrons. The first-order valence-corrected chi connectivity index (χ1v) is 13.0. The minimum absolute atomic E-state index is 0.107. The van der Waals surface area contributed by atoms with Crippen LogP contribution >= 0.6 is 7.60 Å². The second-order valence-electron chi connectivity index (χ2n) is 7.43. The highest BCUT2D eigenvalue weighted by molar-refractivity contribution is 7.62. The van der Waals surface area contributed by atoms with Crippen molar-refractivity contribution in [3.63, 3.8) is 0 Å². The number of carbonyl (C=O) groups is 1. The van der Waals surface area contributed by atoms with E-state index in [-0.39, 0.29) is 30.5 Å². The number of nitrogens with zero attached hydrogens (tertiary/aromatic N) is 5. The summed E-state index contributed by atoms with van der Waals surface area (Å²) < 4.78 is 24.1. The summed E-state index contributed by atoms with van der Waals surface area (Å²) in [7, 11) is -4.27. The number of hydrogen-bond donors (Lipinski definition) is 1. The lowest BCUT2D eigenvalue weighted by Gasteiger charge is -2.22. The van der Waals surface area contributed by atoms with Crippen LogP contribution < -0.4 is 15.5 Å². The van der Waals surface area contributed by atoms with E-state index in [1.54, 1.807) is 18.2 Å². The van der Waals surface area contributed by atoms with Crippen LogP contribution in [0.5, 0.6) is 0 Å². The van der Waals surface area contributed by atoms with Crippen LogP contribution in [0, 0.1) is 20.2 Å². The number of nitrogens with one attached hydrogen (secondary N) is 1. The van der Waals surface area contributed by atoms with Crippen LogP contribution in [0.3, 0.4) is 0 Å². The first-order chi connectivity index (χ1) is 17.5. The average molecular weight is 536 g/mol. The number of rotatable bonds is 13. The molecule has 2 aromatic carbocycles. The molecule has 0 heterocycles. The summed E-state index contributed by atoms with van der Waals surface area (Å²) in [4.78, 5) is 35.4. The smallest absolute Gasteiger partial charge is 0.364 e. The largest absolute Gasteiger partial charge is 0.372 e. The first kappa shape index (κ1) is 29.5. The van der Waals surface area contributed by atoms with Gasteiger partial charge in [0, 0.05) is 31.8 Å². The van der Waals surface area contributed by atoms with Gasteiger partial charge in [0.25, 0.3) is 5.69 Å². The molecule has 0 radical (unpaired) electrons. The van der Waals surface area contributed by atoms with Gasteiger partial charge in [-0.05, 0) is 45.9 Å². The Morgan fingerprint density at radius 3 is 2.11 bits per heavy atom. The van der Waals surface area contributed by atoms with Crippen LogP contribution in [0.4, 0.5) is 34.1 Å². The molecule has 1 amide bonds. The molecule has 0 spiro atoms. The predicted molar refractivity (Wildman–Crippen MR) is 139 cm³/mol. The molecule has 14 nitrogen and oxygen atoms in total. The molecule has 0 saturated heterocycles. The zero-order valence-corrected chi connectivity index (χ0v) is 22.1. The lowest BCUT2D eigenvalue weighted by molar-refractivity contribution is -0.393. The highest BCUT2D eigenvalue weighted by atomic mass is 31.2. The SMILES string of the molecule is CCOP(=O)(OCC)c1cc([N+](=O)[O-])cc([N+](=O)[O-])c1N=Nc1ccc(N(CC)CC)cc1NC(C)=O. The molecule has 0 aromatic heterocycles. The second kappa shape index (κ2) is 13.0. The number of amides is 1. The van der Waals surface area contributed by atoms with E-state index in [1.807, 2.05) is 18.7 Å². The average Bonchev–Trinajstić information content (AvgIpc) is 2.83. The highest BCUT2D eigenvalue weighted by Gasteiger charge is 2.37. The summed E-state index contributed by atoms with van der Waals surface area (Å²) in [6.07, 6.45) is 0. The fourth-order valence-corrected chi connectivity index (χ4v) is 5.19. The summed E-state index contributed by atoms with van der Waals surface area (Å²) in [5.74, 6) is -0.382. The molecule has 2 aromatic rings. The van der Waals surface area contributed by atoms with Gasteiger partial charge in [-0.1, -0.05) is 0 Å². The van der Waals surface area contributed by atoms with Crippen LogP contribution in [0.1, 0.15) is 34.6 Å². The fourth-order valence-electron chi connectivity index (χ4n) is 3.45. The summed E-state index contributed by atoms with van der Waals surface area (Å²) >= 11 is 0. The number of anilines is 2. The number of hydrogen-bond acceptors (Lipinski definition) is 11. The summed E-state index contributed by atoms with van der Waals surface area (Å²) in [6.45, 7) is 9.50. The summed E-state index contributed by atoms with van der Waals surface area (Å²) in [6, 6.07) is 6.54. The second-order valence-corrected chi connectivity index (χ2v) is 9.43. The number of benzene rings is 2. The van der Waals surface area contributed by atoms with E-state index < -0.39 is 39.8 Å². The van der Waals surface area contributed by atoms with E-state index in [0.29, 0.717) is 19.2 Å². The van der Waals surface area contributed by atoms with Gasteiger partial charge < -0.3 is 19.3 Å². The van der Waals surface area contributed by atoms with Crippen LogP contribution in [-0.2, 0) is 18.4 Å². The molecule has 15 heteroatoms. The number of carbonyl (C=O) groups excluding carboxylic acids is 1. The van der Waals surface area contributed by atoms with Crippen molar-refractivity contribution in [1.29, 1.82) is 0 Å². The lowest BCUT2D eigenvalue weighted by Crippen LogP contribution is -2.21. The Balaban J connectivity index is 2.81. The van der Waals surface area contributed by atoms with Gasteiger partial charge in [0.15, 0.2) is 5.69 Å². The van der Waals surface area contributed by atoms with Gasteiger partial charge in [0.1, 0.15) is 11.0 Å². The van der Waals surface area contributed by atoms with E-state index in [2.05, 4.69) is 15.5 Å². The van der Waals surface area contributed by atoms with Crippen LogP contribution in [0.25, 0.3) is 0 Å². The van der Waals surface area contributed by atoms with Crippen molar-refractivity contribution < 1.29 is 28.3 Å². The molecule has 0 aliphatic rings. The zero-order chi connectivity index (χ0) is 27.8. The topological polar surface area (TPSA) is 179 Å². The Morgan fingerprint density at radius 2 is 1.62 bits per heavy atom. The maximum absolute atomic E-state index is 13.5. The van der Waals surface area contributed by atoms with E-state index >= 15 is 0 Å². The molecular weight excluding hydrogens is 507 g/mol. The van der Waals surface area contributed by atoms with Crippen molar-refractivity contribution in [2.24, 2.45) is 10.2 Å². The van der Waals surface area contributed by atoms with Crippen molar-refractivity contribution in [1.82, 2.24) is 0 Å². The number of non-ortho nitro benzene ring substituents is 1. The van der Waals surface area contributed by atoms with Gasteiger partial charge in [-0.25, -0.2) is 0 Å². The minimum atomic E-state index is -4.27.